The van der Waals surface area contributed by atoms with Crippen LogP contribution in [0.3, 0.4) is 0 Å². The standard InChI is InChI=1S/C50H28N4O3/c1-3-11-29(12-4-1)30-21-23-31(24-22-30)47-52-48(54-49(53-47)36-18-10-20-41-44(36)35-16-7-8-19-40(35)55-41)34-17-9-15-33-27-38-43(28-37(33)34)56-42-26-25-39-46(45(38)42)57-50(51-39)32-13-5-2-6-14-32/h1-28H. The molecule has 7 nitrogen and oxygen atoms in total. The molecule has 0 fully saturated rings. The molecule has 7 heteroatoms. The summed E-state index contributed by atoms with van der Waals surface area (Å²) >= 11 is 0. The van der Waals surface area contributed by atoms with Crippen LogP contribution in [-0.2, 0) is 0 Å². The average molecular weight is 733 g/mol. The number of furan rings is 2. The van der Waals surface area contributed by atoms with E-state index in [1.807, 2.05) is 97.1 Å². The van der Waals surface area contributed by atoms with Crippen LogP contribution in [0.15, 0.2) is 183 Å². The Hall–Kier alpha value is -7.90. The molecular formula is C50H28N4O3. The van der Waals surface area contributed by atoms with Crippen molar-refractivity contribution >= 4 is 65.7 Å². The summed E-state index contributed by atoms with van der Waals surface area (Å²) in [5, 5.41) is 5.79. The monoisotopic (exact) mass is 732 g/mol. The molecule has 0 saturated heterocycles. The maximum Gasteiger partial charge on any atom is 0.227 e. The maximum absolute atomic E-state index is 6.54. The fourth-order valence-electron chi connectivity index (χ4n) is 8.07. The molecule has 0 aliphatic rings. The van der Waals surface area contributed by atoms with Crippen molar-refractivity contribution in [3.8, 4) is 56.7 Å². The fraction of sp³-hybridized carbons (Fsp3) is 0. The van der Waals surface area contributed by atoms with Crippen molar-refractivity contribution in [1.29, 1.82) is 0 Å². The number of rotatable bonds is 5. The quantitative estimate of drug-likeness (QED) is 0.174. The summed E-state index contributed by atoms with van der Waals surface area (Å²) in [6.07, 6.45) is 0. The molecule has 0 aliphatic carbocycles. The van der Waals surface area contributed by atoms with Gasteiger partial charge < -0.3 is 13.3 Å². The van der Waals surface area contributed by atoms with Crippen LogP contribution in [0.4, 0.5) is 0 Å². The van der Waals surface area contributed by atoms with E-state index in [4.69, 9.17) is 33.2 Å². The lowest BCUT2D eigenvalue weighted by Crippen LogP contribution is -2.01. The predicted octanol–water partition coefficient (Wildman–Crippen LogP) is 13.3. The molecule has 0 spiro atoms. The molecule has 0 unspecified atom stereocenters. The molecule has 12 rings (SSSR count). The SMILES string of the molecule is c1ccc(-c2ccc(-c3nc(-c4cccc5cc6c(cc45)oc4ccc5nc(-c7ccccc7)oc5c46)nc(-c4cccc5oc6ccccc6c45)n3)cc2)cc1. The van der Waals surface area contributed by atoms with Gasteiger partial charge in [0.2, 0.25) is 5.89 Å². The average Bonchev–Trinajstić information content (AvgIpc) is 3.99. The lowest BCUT2D eigenvalue weighted by molar-refractivity contribution is 0.622. The van der Waals surface area contributed by atoms with Crippen LogP contribution in [0.2, 0.25) is 0 Å². The Kier molecular flexibility index (Phi) is 6.79. The van der Waals surface area contributed by atoms with Gasteiger partial charge in [0.15, 0.2) is 23.1 Å². The second kappa shape index (κ2) is 12.3. The Morgan fingerprint density at radius 3 is 1.81 bits per heavy atom. The number of benzene rings is 8. The molecular weight excluding hydrogens is 705 g/mol. The third kappa shape index (κ3) is 5.06. The van der Waals surface area contributed by atoms with E-state index in [0.717, 1.165) is 93.5 Å². The molecule has 266 valence electrons. The van der Waals surface area contributed by atoms with Gasteiger partial charge in [0.05, 0.1) is 5.39 Å². The summed E-state index contributed by atoms with van der Waals surface area (Å²) in [7, 11) is 0. The first-order valence-electron chi connectivity index (χ1n) is 18.8. The summed E-state index contributed by atoms with van der Waals surface area (Å²) in [5.74, 6) is 2.26. The molecule has 0 atom stereocenters. The Balaban J connectivity index is 1.06. The van der Waals surface area contributed by atoms with E-state index in [2.05, 4.69) is 72.8 Å². The van der Waals surface area contributed by atoms with Crippen LogP contribution in [0.1, 0.15) is 0 Å². The Morgan fingerprint density at radius 1 is 0.333 bits per heavy atom. The second-order valence-electron chi connectivity index (χ2n) is 14.2. The number of nitrogens with zero attached hydrogens (tertiary/aromatic N) is 4. The van der Waals surface area contributed by atoms with Crippen LogP contribution >= 0.6 is 0 Å². The molecule has 12 aromatic rings. The van der Waals surface area contributed by atoms with E-state index in [1.54, 1.807) is 0 Å². The number of aromatic nitrogens is 4. The summed E-state index contributed by atoms with van der Waals surface area (Å²) < 4.78 is 19.2. The molecule has 4 heterocycles. The Morgan fingerprint density at radius 2 is 0.965 bits per heavy atom. The van der Waals surface area contributed by atoms with Gasteiger partial charge in [-0.3, -0.25) is 0 Å². The molecule has 4 aromatic heterocycles. The van der Waals surface area contributed by atoms with Gasteiger partial charge in [0, 0.05) is 38.4 Å². The molecule has 0 aliphatic heterocycles. The van der Waals surface area contributed by atoms with Crippen molar-refractivity contribution in [2.45, 2.75) is 0 Å². The summed E-state index contributed by atoms with van der Waals surface area (Å²) in [5.41, 5.74) is 10.3. The van der Waals surface area contributed by atoms with E-state index in [0.29, 0.717) is 28.9 Å². The van der Waals surface area contributed by atoms with E-state index < -0.39 is 0 Å². The summed E-state index contributed by atoms with van der Waals surface area (Å²) in [6, 6.07) is 57.2. The van der Waals surface area contributed by atoms with Crippen molar-refractivity contribution in [1.82, 2.24) is 19.9 Å². The maximum atomic E-state index is 6.54. The topological polar surface area (TPSA) is 91.0 Å². The van der Waals surface area contributed by atoms with Crippen molar-refractivity contribution in [2.24, 2.45) is 0 Å². The summed E-state index contributed by atoms with van der Waals surface area (Å²) in [4.78, 5) is 20.4. The zero-order valence-corrected chi connectivity index (χ0v) is 30.2. The van der Waals surface area contributed by atoms with E-state index in [-0.39, 0.29) is 0 Å². The first-order chi connectivity index (χ1) is 28.2. The molecule has 0 radical (unpaired) electrons. The lowest BCUT2D eigenvalue weighted by atomic mass is 10.0. The first-order valence-corrected chi connectivity index (χ1v) is 18.8. The zero-order chi connectivity index (χ0) is 37.5. The van der Waals surface area contributed by atoms with E-state index in [1.165, 1.54) is 0 Å². The Labute approximate surface area is 324 Å². The molecule has 0 bridgehead atoms. The first kappa shape index (κ1) is 31.5. The number of hydrogen-bond acceptors (Lipinski definition) is 7. The highest BCUT2D eigenvalue weighted by atomic mass is 16.4. The minimum Gasteiger partial charge on any atom is -0.456 e. The molecule has 8 aromatic carbocycles. The van der Waals surface area contributed by atoms with Crippen LogP contribution < -0.4 is 0 Å². The highest BCUT2D eigenvalue weighted by molar-refractivity contribution is 6.19. The molecule has 0 saturated carbocycles. The van der Waals surface area contributed by atoms with Crippen LogP contribution in [0, 0.1) is 0 Å². The number of oxazole rings is 1. The van der Waals surface area contributed by atoms with Gasteiger partial charge in [0.1, 0.15) is 27.8 Å². The van der Waals surface area contributed by atoms with Crippen LogP contribution in [-0.4, -0.2) is 19.9 Å². The third-order valence-electron chi connectivity index (χ3n) is 10.8. The second-order valence-corrected chi connectivity index (χ2v) is 14.2. The highest BCUT2D eigenvalue weighted by Crippen LogP contribution is 2.41. The van der Waals surface area contributed by atoms with Gasteiger partial charge >= 0.3 is 0 Å². The largest absolute Gasteiger partial charge is 0.456 e. The van der Waals surface area contributed by atoms with Crippen molar-refractivity contribution in [2.75, 3.05) is 0 Å². The van der Waals surface area contributed by atoms with Gasteiger partial charge in [-0.2, -0.15) is 0 Å². The van der Waals surface area contributed by atoms with Crippen molar-refractivity contribution in [3.05, 3.63) is 170 Å². The van der Waals surface area contributed by atoms with E-state index in [9.17, 15) is 0 Å². The highest BCUT2D eigenvalue weighted by Gasteiger charge is 2.21. The van der Waals surface area contributed by atoms with Gasteiger partial charge in [-0.1, -0.05) is 121 Å². The molecule has 57 heavy (non-hydrogen) atoms. The van der Waals surface area contributed by atoms with Crippen LogP contribution in [0.25, 0.3) is 122 Å². The predicted molar refractivity (Wildman–Crippen MR) is 227 cm³/mol. The zero-order valence-electron chi connectivity index (χ0n) is 30.2. The van der Waals surface area contributed by atoms with Crippen molar-refractivity contribution < 1.29 is 13.3 Å². The summed E-state index contributed by atoms with van der Waals surface area (Å²) in [6.45, 7) is 0. The normalized spacial score (nSPS) is 11.9. The van der Waals surface area contributed by atoms with E-state index >= 15 is 0 Å². The van der Waals surface area contributed by atoms with Gasteiger partial charge in [-0.15, -0.1) is 0 Å². The van der Waals surface area contributed by atoms with Gasteiger partial charge in [-0.05, 0) is 70.4 Å². The molecule has 0 amide bonds. The van der Waals surface area contributed by atoms with Crippen LogP contribution in [0.5, 0.6) is 0 Å². The number of para-hydroxylation sites is 1. The minimum atomic E-state index is 0.554. The molecule has 0 N–H and O–H groups in total. The van der Waals surface area contributed by atoms with Gasteiger partial charge in [0.25, 0.3) is 0 Å². The third-order valence-corrected chi connectivity index (χ3v) is 10.8. The van der Waals surface area contributed by atoms with Crippen molar-refractivity contribution in [3.63, 3.8) is 0 Å². The fourth-order valence-corrected chi connectivity index (χ4v) is 8.07. The minimum absolute atomic E-state index is 0.554. The van der Waals surface area contributed by atoms with Gasteiger partial charge in [-0.25, -0.2) is 19.9 Å². The number of hydrogen-bond donors (Lipinski definition) is 0. The lowest BCUT2D eigenvalue weighted by Gasteiger charge is -2.11. The number of fused-ring (bicyclic) bond motifs is 9. The Bertz CT molecular complexity index is 3510. The smallest absolute Gasteiger partial charge is 0.227 e.